The van der Waals surface area contributed by atoms with E-state index in [0.29, 0.717) is 0 Å². The van der Waals surface area contributed by atoms with Crippen molar-refractivity contribution in [2.75, 3.05) is 7.11 Å². The van der Waals surface area contributed by atoms with Crippen LogP contribution >= 0.6 is 11.3 Å². The van der Waals surface area contributed by atoms with Crippen molar-refractivity contribution in [1.29, 1.82) is 0 Å². The summed E-state index contributed by atoms with van der Waals surface area (Å²) in [5.74, 6) is 1.06. The summed E-state index contributed by atoms with van der Waals surface area (Å²) in [6, 6.07) is 13.0. The lowest BCUT2D eigenvalue weighted by atomic mass is 10.1. The van der Waals surface area contributed by atoms with Gasteiger partial charge >= 0.3 is 0 Å². The van der Waals surface area contributed by atoms with Crippen molar-refractivity contribution in [3.8, 4) is 0 Å². The molecule has 0 unspecified atom stereocenters. The van der Waals surface area contributed by atoms with Crippen LogP contribution in [0.1, 0.15) is 64.7 Å². The first kappa shape index (κ1) is 19.6. The van der Waals surface area contributed by atoms with Crippen LogP contribution in [-0.4, -0.2) is 18.0 Å². The molecule has 0 atom stereocenters. The first-order chi connectivity index (χ1) is 11.1. The molecule has 0 bridgehead atoms. The number of aryl methyl sites for hydroxylation is 2. The third kappa shape index (κ3) is 7.10. The van der Waals surface area contributed by atoms with Crippen molar-refractivity contribution in [1.82, 2.24) is 0 Å². The fourth-order valence-corrected chi connectivity index (χ4v) is 3.05. The number of Topliss-reactive ketones (excluding diaryl/α,β-unsaturated/α-hetero) is 1. The van der Waals surface area contributed by atoms with Gasteiger partial charge in [0.15, 0.2) is 5.78 Å². The fourth-order valence-electron chi connectivity index (χ4n) is 2.29. The summed E-state index contributed by atoms with van der Waals surface area (Å²) in [6.07, 6.45) is 5.30. The molecule has 0 amide bonds. The van der Waals surface area contributed by atoms with Crippen molar-refractivity contribution in [2.45, 2.75) is 52.4 Å². The Bertz CT molecular complexity index is 580. The molecule has 1 N–H and O–H groups in total. The van der Waals surface area contributed by atoms with E-state index in [9.17, 15) is 4.79 Å². The molecule has 1 aliphatic rings. The van der Waals surface area contributed by atoms with Crippen molar-refractivity contribution in [3.63, 3.8) is 0 Å². The predicted molar refractivity (Wildman–Crippen MR) is 99.6 cm³/mol. The minimum atomic E-state index is 0.160. The number of ketones is 1. The van der Waals surface area contributed by atoms with E-state index in [1.54, 1.807) is 23.8 Å². The van der Waals surface area contributed by atoms with Gasteiger partial charge in [0.1, 0.15) is 0 Å². The molecule has 0 saturated heterocycles. The smallest absolute Gasteiger partial charge is 0.169 e. The number of benzene rings is 1. The quantitative estimate of drug-likeness (QED) is 0.763. The number of hydrogen-bond donors (Lipinski definition) is 1. The number of rotatable bonds is 4. The molecule has 1 saturated carbocycles. The molecule has 2 nitrogen and oxygen atoms in total. The van der Waals surface area contributed by atoms with Gasteiger partial charge < -0.3 is 5.11 Å². The summed E-state index contributed by atoms with van der Waals surface area (Å²) in [7, 11) is 1.00. The molecule has 0 spiro atoms. The zero-order valence-corrected chi connectivity index (χ0v) is 15.5. The minimum Gasteiger partial charge on any atom is -0.400 e. The van der Waals surface area contributed by atoms with Gasteiger partial charge in [0, 0.05) is 12.0 Å². The highest BCUT2D eigenvalue weighted by Gasteiger charge is 2.22. The Morgan fingerprint density at radius 1 is 1.13 bits per heavy atom. The van der Waals surface area contributed by atoms with E-state index in [2.05, 4.69) is 31.2 Å². The van der Waals surface area contributed by atoms with E-state index >= 15 is 0 Å². The monoisotopic (exact) mass is 332 g/mol. The summed E-state index contributed by atoms with van der Waals surface area (Å²) >= 11 is 1.55. The van der Waals surface area contributed by atoms with Gasteiger partial charge in [0.2, 0.25) is 0 Å². The molecule has 126 valence electrons. The van der Waals surface area contributed by atoms with Crippen molar-refractivity contribution in [2.24, 2.45) is 0 Å². The molecule has 0 aliphatic heterocycles. The van der Waals surface area contributed by atoms with E-state index in [1.165, 1.54) is 36.1 Å². The van der Waals surface area contributed by atoms with Crippen molar-refractivity contribution in [3.05, 3.63) is 57.3 Å². The summed E-state index contributed by atoms with van der Waals surface area (Å²) in [6.45, 7) is 5.82. The molecule has 23 heavy (non-hydrogen) atoms. The Morgan fingerprint density at radius 3 is 2.09 bits per heavy atom. The second kappa shape index (κ2) is 10.3. The van der Waals surface area contributed by atoms with Crippen LogP contribution in [0.4, 0.5) is 0 Å². The van der Waals surface area contributed by atoms with Gasteiger partial charge in [-0.25, -0.2) is 0 Å². The summed E-state index contributed by atoms with van der Waals surface area (Å²) in [5, 5.41) is 7.00. The van der Waals surface area contributed by atoms with E-state index in [4.69, 9.17) is 5.11 Å². The van der Waals surface area contributed by atoms with E-state index in [1.807, 2.05) is 19.1 Å². The van der Waals surface area contributed by atoms with Crippen LogP contribution in [0.3, 0.4) is 0 Å². The number of carbonyl (C=O) groups is 1. The van der Waals surface area contributed by atoms with Gasteiger partial charge in [0.05, 0.1) is 4.88 Å². The van der Waals surface area contributed by atoms with Crippen LogP contribution in [-0.2, 0) is 6.42 Å². The predicted octanol–water partition coefficient (Wildman–Crippen LogP) is 5.38. The molecular weight excluding hydrogens is 304 g/mol. The molecule has 2 aromatic rings. The zero-order chi connectivity index (χ0) is 17.2. The van der Waals surface area contributed by atoms with Crippen LogP contribution in [0.25, 0.3) is 0 Å². The lowest BCUT2D eigenvalue weighted by Crippen LogP contribution is -1.84. The Kier molecular flexibility index (Phi) is 8.82. The van der Waals surface area contributed by atoms with Crippen LogP contribution < -0.4 is 0 Å². The molecule has 3 heteroatoms. The lowest BCUT2D eigenvalue weighted by molar-refractivity contribution is 0.102. The van der Waals surface area contributed by atoms with Gasteiger partial charge in [-0.15, -0.1) is 11.3 Å². The Hall–Kier alpha value is -1.45. The summed E-state index contributed by atoms with van der Waals surface area (Å²) in [5.41, 5.74) is 3.04. The molecular formula is C20H28O2S. The molecule has 0 radical (unpaired) electrons. The highest BCUT2D eigenvalue weighted by molar-refractivity contribution is 7.13. The Morgan fingerprint density at radius 2 is 1.74 bits per heavy atom. The van der Waals surface area contributed by atoms with Crippen LogP contribution in [0.5, 0.6) is 0 Å². The molecule has 1 fully saturated rings. The average molecular weight is 333 g/mol. The Balaban J connectivity index is 0.000000215. The highest BCUT2D eigenvalue weighted by atomic mass is 32.1. The molecule has 3 rings (SSSR count). The van der Waals surface area contributed by atoms with Crippen LogP contribution in [0.2, 0.25) is 0 Å². The van der Waals surface area contributed by atoms with Gasteiger partial charge in [-0.2, -0.15) is 0 Å². The average Bonchev–Trinajstić information content (AvgIpc) is 3.32. The SMILES string of the molecule is CC(=O)c1ccc(C)s1.CCCc1ccc(C2CC2)cc1.CO. The first-order valence-electron chi connectivity index (χ1n) is 8.21. The van der Waals surface area contributed by atoms with E-state index in [-0.39, 0.29) is 5.78 Å². The third-order valence-corrected chi connectivity index (χ3v) is 4.76. The van der Waals surface area contributed by atoms with Crippen LogP contribution in [0.15, 0.2) is 36.4 Å². The maximum Gasteiger partial charge on any atom is 0.169 e. The topological polar surface area (TPSA) is 37.3 Å². The maximum atomic E-state index is 10.7. The largest absolute Gasteiger partial charge is 0.400 e. The minimum absolute atomic E-state index is 0.160. The summed E-state index contributed by atoms with van der Waals surface area (Å²) in [4.78, 5) is 12.7. The normalized spacial score (nSPS) is 12.6. The lowest BCUT2D eigenvalue weighted by Gasteiger charge is -2.00. The van der Waals surface area contributed by atoms with Crippen molar-refractivity contribution >= 4 is 17.1 Å². The highest BCUT2D eigenvalue weighted by Crippen LogP contribution is 2.39. The van der Waals surface area contributed by atoms with Crippen molar-refractivity contribution < 1.29 is 9.90 Å². The number of aliphatic hydroxyl groups excluding tert-OH is 1. The van der Waals surface area contributed by atoms with Gasteiger partial charge in [0.25, 0.3) is 0 Å². The number of aliphatic hydroxyl groups is 1. The molecule has 1 aromatic carbocycles. The van der Waals surface area contributed by atoms with Gasteiger partial charge in [-0.3, -0.25) is 4.79 Å². The third-order valence-electron chi connectivity index (χ3n) is 3.65. The Labute approximate surface area is 144 Å². The molecule has 1 heterocycles. The van der Waals surface area contributed by atoms with E-state index in [0.717, 1.165) is 17.9 Å². The van der Waals surface area contributed by atoms with E-state index < -0.39 is 0 Å². The second-order valence-electron chi connectivity index (χ2n) is 5.73. The zero-order valence-electron chi connectivity index (χ0n) is 14.6. The number of carbonyl (C=O) groups excluding carboxylic acids is 1. The van der Waals surface area contributed by atoms with Gasteiger partial charge in [-0.05, 0) is 62.3 Å². The molecule has 1 aromatic heterocycles. The summed E-state index contributed by atoms with van der Waals surface area (Å²) < 4.78 is 0. The first-order valence-corrected chi connectivity index (χ1v) is 9.02. The number of thiophene rings is 1. The molecule has 1 aliphatic carbocycles. The number of hydrogen-bond acceptors (Lipinski definition) is 3. The van der Waals surface area contributed by atoms with Crippen LogP contribution in [0, 0.1) is 6.92 Å². The maximum absolute atomic E-state index is 10.7. The second-order valence-corrected chi connectivity index (χ2v) is 7.02. The standard InChI is InChI=1S/C12H16.C7H8OS.CH4O/c1-2-3-10-4-6-11(7-5-10)12-8-9-12;1-5-3-4-7(9-5)6(2)8;1-2/h4-7,12H,2-3,8-9H2,1H3;3-4H,1-2H3;2H,1H3. The fraction of sp³-hybridized carbons (Fsp3) is 0.450. The van der Waals surface area contributed by atoms with Gasteiger partial charge in [-0.1, -0.05) is 37.6 Å².